The van der Waals surface area contributed by atoms with Crippen LogP contribution in [0.3, 0.4) is 0 Å². The standard InChI is InChI=1S/C22H27N9O3/c1-13(2)30-9-10-31(22(30)33)17-11-16(18(27-26-17)21(32)23-3)25-15-8-6-7-14(19(15)34-5)20-24-12-29(4)28-20/h6-8,11-13H,9-10H2,1-5H3,(H,23,32)(H,25,26)/i3D3. The van der Waals surface area contributed by atoms with Gasteiger partial charge in [0.1, 0.15) is 6.33 Å². The number of nitrogens with zero attached hydrogens (tertiary/aromatic N) is 7. The molecule has 2 aromatic heterocycles. The summed E-state index contributed by atoms with van der Waals surface area (Å²) in [5.74, 6) is 0.0630. The third-order valence-electron chi connectivity index (χ3n) is 5.38. The zero-order valence-electron chi connectivity index (χ0n) is 22.2. The number of methoxy groups -OCH3 is 1. The predicted octanol–water partition coefficient (Wildman–Crippen LogP) is 2.03. The van der Waals surface area contributed by atoms with Gasteiger partial charge in [-0.25, -0.2) is 9.78 Å². The first-order valence-corrected chi connectivity index (χ1v) is 10.6. The van der Waals surface area contributed by atoms with E-state index < -0.39 is 12.9 Å². The van der Waals surface area contributed by atoms with Gasteiger partial charge >= 0.3 is 6.03 Å². The van der Waals surface area contributed by atoms with Crippen LogP contribution >= 0.6 is 0 Å². The number of nitrogens with one attached hydrogen (secondary N) is 2. The van der Waals surface area contributed by atoms with Crippen LogP contribution < -0.4 is 20.3 Å². The van der Waals surface area contributed by atoms with Crippen LogP contribution in [-0.4, -0.2) is 75.0 Å². The maximum Gasteiger partial charge on any atom is 0.326 e. The van der Waals surface area contributed by atoms with Crippen molar-refractivity contribution in [2.24, 2.45) is 7.05 Å². The van der Waals surface area contributed by atoms with Gasteiger partial charge in [-0.2, -0.15) is 5.10 Å². The van der Waals surface area contributed by atoms with Crippen LogP contribution in [0.4, 0.5) is 22.0 Å². The lowest BCUT2D eigenvalue weighted by molar-refractivity contribution is 0.0958. The number of amides is 3. The Morgan fingerprint density at radius 3 is 2.71 bits per heavy atom. The third-order valence-corrected chi connectivity index (χ3v) is 5.38. The minimum Gasteiger partial charge on any atom is -0.494 e. The Balaban J connectivity index is 1.77. The van der Waals surface area contributed by atoms with Gasteiger partial charge in [0.25, 0.3) is 5.91 Å². The van der Waals surface area contributed by atoms with E-state index in [1.165, 1.54) is 18.1 Å². The number of benzene rings is 1. The number of aryl methyl sites for hydroxylation is 1. The molecule has 34 heavy (non-hydrogen) atoms. The van der Waals surface area contributed by atoms with E-state index in [1.807, 2.05) is 19.2 Å². The Morgan fingerprint density at radius 2 is 2.06 bits per heavy atom. The fraction of sp³-hybridized carbons (Fsp3) is 0.364. The number of aromatic nitrogens is 5. The van der Waals surface area contributed by atoms with E-state index in [1.54, 1.807) is 41.2 Å². The van der Waals surface area contributed by atoms with Crippen LogP contribution in [0, 0.1) is 0 Å². The van der Waals surface area contributed by atoms with Crippen molar-refractivity contribution in [3.63, 3.8) is 0 Å². The van der Waals surface area contributed by atoms with E-state index in [2.05, 4.69) is 25.6 Å². The van der Waals surface area contributed by atoms with E-state index in [0.29, 0.717) is 35.9 Å². The summed E-state index contributed by atoms with van der Waals surface area (Å²) in [7, 11) is 3.22. The average molecular weight is 469 g/mol. The molecule has 0 unspecified atom stereocenters. The molecule has 3 amide bonds. The number of rotatable bonds is 7. The molecule has 0 bridgehead atoms. The van der Waals surface area contributed by atoms with Crippen LogP contribution in [0.1, 0.15) is 28.4 Å². The molecule has 2 N–H and O–H groups in total. The number of urea groups is 1. The normalized spacial score (nSPS) is 15.2. The van der Waals surface area contributed by atoms with Crippen molar-refractivity contribution in [3.05, 3.63) is 36.3 Å². The van der Waals surface area contributed by atoms with Crippen LogP contribution in [0.15, 0.2) is 30.6 Å². The maximum atomic E-state index is 12.9. The van der Waals surface area contributed by atoms with Gasteiger partial charge in [0.2, 0.25) is 0 Å². The highest BCUT2D eigenvalue weighted by Crippen LogP contribution is 2.37. The molecule has 0 spiro atoms. The second-order valence-corrected chi connectivity index (χ2v) is 7.89. The van der Waals surface area contributed by atoms with Gasteiger partial charge in [-0.1, -0.05) is 6.07 Å². The van der Waals surface area contributed by atoms with Crippen molar-refractivity contribution in [2.75, 3.05) is 37.4 Å². The molecule has 178 valence electrons. The summed E-state index contributed by atoms with van der Waals surface area (Å²) in [5.41, 5.74) is 0.889. The quantitative estimate of drug-likeness (QED) is 0.539. The number of para-hydroxylation sites is 1. The van der Waals surface area contributed by atoms with Crippen LogP contribution in [0.2, 0.25) is 0 Å². The van der Waals surface area contributed by atoms with Crippen LogP contribution in [0.25, 0.3) is 11.4 Å². The van der Waals surface area contributed by atoms with E-state index in [9.17, 15) is 9.59 Å². The van der Waals surface area contributed by atoms with Crippen molar-refractivity contribution < 1.29 is 18.4 Å². The molecule has 3 aromatic rings. The van der Waals surface area contributed by atoms with Gasteiger partial charge in [0.05, 0.1) is 24.0 Å². The zero-order valence-corrected chi connectivity index (χ0v) is 19.2. The van der Waals surface area contributed by atoms with E-state index in [-0.39, 0.29) is 29.3 Å². The third kappa shape index (κ3) is 4.21. The number of carbonyl (C=O) groups is 2. The fourth-order valence-corrected chi connectivity index (χ4v) is 3.72. The molecule has 4 rings (SSSR count). The molecule has 0 radical (unpaired) electrons. The zero-order chi connectivity index (χ0) is 26.9. The number of anilines is 3. The molecule has 1 aromatic carbocycles. The van der Waals surface area contributed by atoms with Crippen molar-refractivity contribution >= 4 is 29.1 Å². The van der Waals surface area contributed by atoms with Crippen molar-refractivity contribution in [3.8, 4) is 17.1 Å². The van der Waals surface area contributed by atoms with E-state index in [0.717, 1.165) is 0 Å². The highest BCUT2D eigenvalue weighted by molar-refractivity contribution is 6.00. The molecule has 0 atom stereocenters. The maximum absolute atomic E-state index is 12.9. The predicted molar refractivity (Wildman–Crippen MR) is 126 cm³/mol. The van der Waals surface area contributed by atoms with Crippen LogP contribution in [-0.2, 0) is 7.05 Å². The summed E-state index contributed by atoms with van der Waals surface area (Å²) in [5, 5.41) is 17.4. The highest BCUT2D eigenvalue weighted by Gasteiger charge is 2.33. The summed E-state index contributed by atoms with van der Waals surface area (Å²) < 4.78 is 29.4. The molecule has 12 nitrogen and oxygen atoms in total. The summed E-state index contributed by atoms with van der Waals surface area (Å²) in [4.78, 5) is 33.1. The SMILES string of the molecule is [2H]C([2H])([2H])NC(=O)c1nnc(N2CCN(C(C)C)C2=O)cc1Nc1cccc(-c2ncn(C)n2)c1OC. The number of carbonyl (C=O) groups excluding carboxylic acids is 2. The van der Waals surface area contributed by atoms with Crippen molar-refractivity contribution in [1.29, 1.82) is 0 Å². The average Bonchev–Trinajstić information content (AvgIpc) is 3.43. The molecule has 0 aliphatic carbocycles. The molecule has 0 saturated carbocycles. The van der Waals surface area contributed by atoms with Gasteiger partial charge in [0.15, 0.2) is 23.1 Å². The number of ether oxygens (including phenoxy) is 1. The number of hydrogen-bond donors (Lipinski definition) is 2. The van der Waals surface area contributed by atoms with Crippen molar-refractivity contribution in [2.45, 2.75) is 19.9 Å². The lowest BCUT2D eigenvalue weighted by atomic mass is 10.1. The minimum absolute atomic E-state index is 0.000373. The first kappa shape index (κ1) is 19.3. The second-order valence-electron chi connectivity index (χ2n) is 7.89. The van der Waals surface area contributed by atoms with Crippen LogP contribution in [0.5, 0.6) is 5.75 Å². The molecule has 12 heteroatoms. The van der Waals surface area contributed by atoms with E-state index >= 15 is 0 Å². The Labute approximate surface area is 201 Å². The Bertz CT molecular complexity index is 1330. The van der Waals surface area contributed by atoms with Gasteiger partial charge in [0, 0.05) is 43.3 Å². The Hall–Kier alpha value is -4.22. The summed E-state index contributed by atoms with van der Waals surface area (Å²) in [6, 6.07) is 6.47. The second kappa shape index (κ2) is 9.33. The van der Waals surface area contributed by atoms with Gasteiger partial charge in [-0.05, 0) is 26.0 Å². The molecular formula is C22H27N9O3. The molecular weight excluding hydrogens is 438 g/mol. The summed E-state index contributed by atoms with van der Waals surface area (Å²) >= 11 is 0. The molecule has 1 aliphatic rings. The minimum atomic E-state index is -2.74. The fourth-order valence-electron chi connectivity index (χ4n) is 3.72. The molecule has 1 fully saturated rings. The molecule has 3 heterocycles. The van der Waals surface area contributed by atoms with Gasteiger partial charge < -0.3 is 20.3 Å². The lowest BCUT2D eigenvalue weighted by Gasteiger charge is -2.21. The van der Waals surface area contributed by atoms with E-state index in [4.69, 9.17) is 8.85 Å². The molecule has 1 aliphatic heterocycles. The monoisotopic (exact) mass is 468 g/mol. The lowest BCUT2D eigenvalue weighted by Crippen LogP contribution is -2.36. The summed E-state index contributed by atoms with van der Waals surface area (Å²) in [6.45, 7) is 1.99. The topological polar surface area (TPSA) is 130 Å². The Morgan fingerprint density at radius 1 is 1.24 bits per heavy atom. The first-order valence-electron chi connectivity index (χ1n) is 12.1. The first-order chi connectivity index (χ1) is 17.5. The Kier molecular flexibility index (Phi) is 5.29. The number of hydrogen-bond acceptors (Lipinski definition) is 8. The smallest absolute Gasteiger partial charge is 0.326 e. The van der Waals surface area contributed by atoms with Crippen molar-refractivity contribution in [1.82, 2.24) is 35.2 Å². The largest absolute Gasteiger partial charge is 0.494 e. The highest BCUT2D eigenvalue weighted by atomic mass is 16.5. The van der Waals surface area contributed by atoms with Gasteiger partial charge in [-0.15, -0.1) is 10.2 Å². The summed E-state index contributed by atoms with van der Waals surface area (Å²) in [6.07, 6.45) is 1.55. The van der Waals surface area contributed by atoms with Gasteiger partial charge in [-0.3, -0.25) is 14.4 Å². The molecule has 1 saturated heterocycles.